The van der Waals surface area contributed by atoms with Gasteiger partial charge in [-0.05, 0) is 0 Å². The highest BCUT2D eigenvalue weighted by atomic mass is 31.2. The highest BCUT2D eigenvalue weighted by Crippen LogP contribution is 2.48. The van der Waals surface area contributed by atoms with Gasteiger partial charge in [0.2, 0.25) is 12.6 Å². The van der Waals surface area contributed by atoms with Crippen molar-refractivity contribution < 1.29 is 9.13 Å². The van der Waals surface area contributed by atoms with Crippen molar-refractivity contribution in [3.05, 3.63) is 138 Å². The second kappa shape index (κ2) is 10.4. The molecule has 0 radical (unpaired) electrons. The zero-order valence-electron chi connectivity index (χ0n) is 20.0. The Bertz CT molecular complexity index is 1560. The molecule has 0 atom stereocenters. The van der Waals surface area contributed by atoms with Crippen molar-refractivity contribution in [1.82, 2.24) is 9.97 Å². The van der Waals surface area contributed by atoms with Gasteiger partial charge in [-0.1, -0.05) is 128 Å². The molecular formula is C30H20N4O2P2. The molecule has 0 bridgehead atoms. The highest BCUT2D eigenvalue weighted by molar-refractivity contribution is 7.90. The Balaban J connectivity index is 1.98. The Kier molecular flexibility index (Phi) is 6.87. The topological polar surface area (TPSA) is 88.1 Å². The summed E-state index contributed by atoms with van der Waals surface area (Å²) in [4.78, 5) is 12.5. The molecule has 0 aliphatic heterocycles. The third-order valence-electron chi connectivity index (χ3n) is 6.13. The third kappa shape index (κ3) is 4.17. The van der Waals surface area contributed by atoms with Crippen LogP contribution in [-0.4, -0.2) is 9.97 Å². The summed E-state index contributed by atoms with van der Waals surface area (Å²) in [6.45, 7) is 7.67. The van der Waals surface area contributed by atoms with Crippen LogP contribution in [-0.2, 0) is 9.13 Å². The summed E-state index contributed by atoms with van der Waals surface area (Å²) in [5.74, 6) is -0.286. The summed E-state index contributed by atoms with van der Waals surface area (Å²) in [6.07, 6.45) is 0. The average molecular weight is 530 g/mol. The lowest BCUT2D eigenvalue weighted by atomic mass is 10.4. The highest BCUT2D eigenvalue weighted by Gasteiger charge is 2.45. The molecule has 0 N–H and O–H groups in total. The van der Waals surface area contributed by atoms with Crippen LogP contribution in [0.3, 0.4) is 0 Å². The van der Waals surface area contributed by atoms with Crippen LogP contribution >= 0.6 is 14.3 Å². The number of hydrogen-bond acceptors (Lipinski definition) is 5. The minimum absolute atomic E-state index is 0.0593. The quantitative estimate of drug-likeness (QED) is 0.243. The number of hydrogen-bond donors (Lipinski definition) is 0. The molecule has 8 heteroatoms. The van der Waals surface area contributed by atoms with E-state index in [-0.39, 0.29) is 22.4 Å². The molecule has 0 saturated heterocycles. The van der Waals surface area contributed by atoms with Gasteiger partial charge in [0.15, 0.2) is 18.3 Å². The van der Waals surface area contributed by atoms with E-state index in [0.717, 1.165) is 0 Å². The van der Waals surface area contributed by atoms with Crippen LogP contribution in [0.25, 0.3) is 4.85 Å². The maximum Gasteiger partial charge on any atom is 0.307 e. The number of rotatable bonds is 6. The molecule has 6 nitrogen and oxygen atoms in total. The number of aromatic nitrogens is 2. The minimum Gasteiger partial charge on any atom is -0.358 e. The summed E-state index contributed by atoms with van der Waals surface area (Å²) in [5, 5.41) is 11.7. The van der Waals surface area contributed by atoms with Gasteiger partial charge in [0.1, 0.15) is 6.07 Å². The van der Waals surface area contributed by atoms with Gasteiger partial charge in [-0.15, -0.1) is 4.98 Å². The molecule has 4 aromatic carbocycles. The van der Waals surface area contributed by atoms with E-state index in [4.69, 9.17) is 6.57 Å². The van der Waals surface area contributed by atoms with Gasteiger partial charge in [-0.25, -0.2) is 4.98 Å². The fourth-order valence-corrected chi connectivity index (χ4v) is 10.3. The Labute approximate surface area is 220 Å². The first kappa shape index (κ1) is 25.1. The first-order valence-electron chi connectivity index (χ1n) is 11.7. The summed E-state index contributed by atoms with van der Waals surface area (Å²) >= 11 is 0. The normalized spacial score (nSPS) is 11.3. The largest absolute Gasteiger partial charge is 0.358 e. The molecule has 0 saturated carbocycles. The van der Waals surface area contributed by atoms with Crippen molar-refractivity contribution >= 4 is 52.2 Å². The van der Waals surface area contributed by atoms with Crippen LogP contribution in [0, 0.1) is 17.9 Å². The van der Waals surface area contributed by atoms with Crippen molar-refractivity contribution in [2.24, 2.45) is 0 Å². The van der Waals surface area contributed by atoms with E-state index in [2.05, 4.69) is 14.8 Å². The molecule has 5 rings (SSSR count). The molecule has 5 aromatic rings. The third-order valence-corrected chi connectivity index (χ3v) is 12.2. The number of nitrogens with zero attached hydrogens (tertiary/aromatic N) is 4. The molecule has 38 heavy (non-hydrogen) atoms. The molecular weight excluding hydrogens is 510 g/mol. The van der Waals surface area contributed by atoms with Gasteiger partial charge < -0.3 is 14.0 Å². The maximum absolute atomic E-state index is 15.4. The van der Waals surface area contributed by atoms with E-state index in [9.17, 15) is 5.26 Å². The molecule has 0 aliphatic rings. The fourth-order valence-electron chi connectivity index (χ4n) is 4.32. The lowest BCUT2D eigenvalue weighted by Crippen LogP contribution is -2.42. The second-order valence-corrected chi connectivity index (χ2v) is 13.7. The first-order chi connectivity index (χ1) is 18.5. The predicted octanol–water partition coefficient (Wildman–Crippen LogP) is 4.18. The van der Waals surface area contributed by atoms with Crippen molar-refractivity contribution in [3.8, 4) is 6.07 Å². The molecule has 0 unspecified atom stereocenters. The van der Waals surface area contributed by atoms with Crippen LogP contribution in [0.5, 0.6) is 0 Å². The SMILES string of the molecule is [C-]#[N+]c1nc(P(=O)(c2ccccc2)c2ccccc2)c(P(=O)(c2ccccc2)c2ccccc2)nc1C#N. The number of nitriles is 1. The van der Waals surface area contributed by atoms with Gasteiger partial charge in [0.25, 0.3) is 0 Å². The van der Waals surface area contributed by atoms with Crippen LogP contribution in [0.15, 0.2) is 121 Å². The Morgan fingerprint density at radius 2 is 0.895 bits per heavy atom. The molecule has 0 aliphatic carbocycles. The lowest BCUT2D eigenvalue weighted by Gasteiger charge is -2.24. The van der Waals surface area contributed by atoms with Crippen molar-refractivity contribution in [3.63, 3.8) is 0 Å². The summed E-state index contributed by atoms with van der Waals surface area (Å²) < 4.78 is 30.8. The van der Waals surface area contributed by atoms with Crippen molar-refractivity contribution in [2.75, 3.05) is 0 Å². The molecule has 0 spiro atoms. The zero-order valence-corrected chi connectivity index (χ0v) is 21.8. The molecule has 1 aromatic heterocycles. The molecule has 182 valence electrons. The number of benzene rings is 4. The van der Waals surface area contributed by atoms with Crippen LogP contribution < -0.4 is 32.1 Å². The molecule has 0 fully saturated rings. The lowest BCUT2D eigenvalue weighted by molar-refractivity contribution is 0.589. The maximum atomic E-state index is 15.4. The summed E-state index contributed by atoms with van der Waals surface area (Å²) in [5.41, 5.74) is -0.385. The van der Waals surface area contributed by atoms with E-state index in [1.54, 1.807) is 97.1 Å². The van der Waals surface area contributed by atoms with Gasteiger partial charge in [-0.2, -0.15) is 5.26 Å². The summed E-state index contributed by atoms with van der Waals surface area (Å²) in [6, 6.07) is 37.1. The van der Waals surface area contributed by atoms with Crippen molar-refractivity contribution in [2.45, 2.75) is 0 Å². The molecule has 1 heterocycles. The van der Waals surface area contributed by atoms with Gasteiger partial charge in [0.05, 0.1) is 0 Å². The minimum atomic E-state index is -3.82. The van der Waals surface area contributed by atoms with Gasteiger partial charge in [0, 0.05) is 21.2 Å². The van der Waals surface area contributed by atoms with E-state index < -0.39 is 14.3 Å². The van der Waals surface area contributed by atoms with Gasteiger partial charge in [-0.3, -0.25) is 0 Å². The first-order valence-corrected chi connectivity index (χ1v) is 15.1. The Morgan fingerprint density at radius 1 is 0.579 bits per heavy atom. The van der Waals surface area contributed by atoms with E-state index in [1.165, 1.54) is 0 Å². The van der Waals surface area contributed by atoms with E-state index in [0.29, 0.717) is 21.2 Å². The monoisotopic (exact) mass is 530 g/mol. The average Bonchev–Trinajstić information content (AvgIpc) is 3.01. The zero-order chi connectivity index (χ0) is 26.6. The second-order valence-electron chi connectivity index (χ2n) is 8.33. The van der Waals surface area contributed by atoms with Crippen LogP contribution in [0.4, 0.5) is 5.82 Å². The summed E-state index contributed by atoms with van der Waals surface area (Å²) in [7, 11) is -7.64. The molecule has 0 amide bonds. The van der Waals surface area contributed by atoms with E-state index >= 15 is 9.13 Å². The van der Waals surface area contributed by atoms with Gasteiger partial charge >= 0.3 is 5.82 Å². The van der Waals surface area contributed by atoms with Crippen molar-refractivity contribution in [1.29, 1.82) is 5.26 Å². The smallest absolute Gasteiger partial charge is 0.307 e. The fraction of sp³-hybridized carbons (Fsp3) is 0. The van der Waals surface area contributed by atoms with Crippen LogP contribution in [0.1, 0.15) is 5.69 Å². The Hall–Kier alpha value is -4.60. The van der Waals surface area contributed by atoms with E-state index in [1.807, 2.05) is 30.3 Å². The van der Waals surface area contributed by atoms with Crippen LogP contribution in [0.2, 0.25) is 0 Å². The Morgan fingerprint density at radius 3 is 1.18 bits per heavy atom. The standard InChI is InChI=1S/C30H20N4O2P2/c1-32-28-27(22-31)33-29(37(35,23-14-6-2-7-15-23)24-16-8-3-9-17-24)30(34-28)38(36,25-18-10-4-11-19-25)26-20-12-5-13-21-26/h2-21H. The predicted molar refractivity (Wildman–Crippen MR) is 152 cm³/mol.